The Morgan fingerprint density at radius 2 is 2.21 bits per heavy atom. The van der Waals surface area contributed by atoms with Crippen LogP contribution in [0.1, 0.15) is 19.5 Å². The predicted octanol–water partition coefficient (Wildman–Crippen LogP) is 2.78. The Morgan fingerprint density at radius 3 is 2.79 bits per heavy atom. The molecule has 0 aliphatic rings. The van der Waals surface area contributed by atoms with E-state index in [1.54, 1.807) is 13.3 Å². The quantitative estimate of drug-likeness (QED) is 0.834. The van der Waals surface area contributed by atoms with Crippen LogP contribution in [-0.4, -0.2) is 18.2 Å². The van der Waals surface area contributed by atoms with Crippen molar-refractivity contribution in [3.63, 3.8) is 0 Å². The van der Waals surface area contributed by atoms with E-state index in [0.29, 0.717) is 6.61 Å². The van der Waals surface area contributed by atoms with E-state index < -0.39 is 0 Å². The normalized spacial score (nSPS) is 10.6. The molecule has 0 unspecified atom stereocenters. The lowest BCUT2D eigenvalue weighted by Gasteiger charge is -2.13. The zero-order chi connectivity index (χ0) is 10.6. The molecule has 1 aromatic heterocycles. The first-order valence-corrected chi connectivity index (χ1v) is 5.22. The molecule has 0 aliphatic heterocycles. The average Bonchev–Trinajstić information content (AvgIpc) is 2.09. The predicted molar refractivity (Wildman–Crippen MR) is 58.4 cm³/mol. The molecule has 0 spiro atoms. The van der Waals surface area contributed by atoms with Gasteiger partial charge in [-0.25, -0.2) is 0 Å². The molecule has 1 rings (SSSR count). The first-order valence-electron chi connectivity index (χ1n) is 4.43. The van der Waals surface area contributed by atoms with Crippen LogP contribution in [0.5, 0.6) is 5.75 Å². The van der Waals surface area contributed by atoms with Crippen LogP contribution in [0.4, 0.5) is 0 Å². The minimum atomic E-state index is 0.140. The second kappa shape index (κ2) is 5.32. The number of aromatic nitrogens is 1. The van der Waals surface area contributed by atoms with Gasteiger partial charge in [-0.1, -0.05) is 0 Å². The summed E-state index contributed by atoms with van der Waals surface area (Å²) in [6.07, 6.45) is 1.88. The van der Waals surface area contributed by atoms with Crippen molar-refractivity contribution >= 4 is 15.9 Å². The fourth-order valence-corrected chi connectivity index (χ4v) is 1.36. The molecule has 1 heterocycles. The van der Waals surface area contributed by atoms with Gasteiger partial charge in [-0.3, -0.25) is 4.98 Å². The SMILES string of the molecule is COCc1ncc(Br)cc1OC(C)C. The van der Waals surface area contributed by atoms with Crippen molar-refractivity contribution in [3.05, 3.63) is 22.4 Å². The van der Waals surface area contributed by atoms with E-state index in [0.717, 1.165) is 15.9 Å². The number of hydrogen-bond acceptors (Lipinski definition) is 3. The molecule has 0 N–H and O–H groups in total. The zero-order valence-corrected chi connectivity index (χ0v) is 10.2. The summed E-state index contributed by atoms with van der Waals surface area (Å²) in [6.45, 7) is 4.43. The average molecular weight is 260 g/mol. The Balaban J connectivity index is 2.90. The van der Waals surface area contributed by atoms with Gasteiger partial charge in [-0.2, -0.15) is 0 Å². The van der Waals surface area contributed by atoms with Crippen LogP contribution in [0.15, 0.2) is 16.7 Å². The standard InChI is InChI=1S/C10H14BrNO2/c1-7(2)14-10-4-8(11)5-12-9(10)6-13-3/h4-5,7H,6H2,1-3H3. The molecule has 0 aliphatic carbocycles. The monoisotopic (exact) mass is 259 g/mol. The van der Waals surface area contributed by atoms with E-state index in [1.165, 1.54) is 0 Å². The summed E-state index contributed by atoms with van der Waals surface area (Å²) in [4.78, 5) is 4.22. The number of ether oxygens (including phenoxy) is 2. The summed E-state index contributed by atoms with van der Waals surface area (Å²) in [5, 5.41) is 0. The first-order chi connectivity index (χ1) is 6.63. The molecule has 78 valence electrons. The van der Waals surface area contributed by atoms with E-state index in [4.69, 9.17) is 9.47 Å². The van der Waals surface area contributed by atoms with Crippen molar-refractivity contribution in [2.24, 2.45) is 0 Å². The van der Waals surface area contributed by atoms with E-state index in [9.17, 15) is 0 Å². The van der Waals surface area contributed by atoms with Gasteiger partial charge in [0.1, 0.15) is 11.4 Å². The van der Waals surface area contributed by atoms with E-state index in [-0.39, 0.29) is 6.10 Å². The maximum Gasteiger partial charge on any atom is 0.144 e. The third-order valence-electron chi connectivity index (χ3n) is 1.54. The van der Waals surface area contributed by atoms with Crippen molar-refractivity contribution in [2.75, 3.05) is 7.11 Å². The molecule has 0 bridgehead atoms. The van der Waals surface area contributed by atoms with E-state index in [1.807, 2.05) is 19.9 Å². The van der Waals surface area contributed by atoms with Crippen molar-refractivity contribution in [1.29, 1.82) is 0 Å². The maximum atomic E-state index is 5.61. The third kappa shape index (κ3) is 3.27. The van der Waals surface area contributed by atoms with Gasteiger partial charge in [0, 0.05) is 17.8 Å². The fraction of sp³-hybridized carbons (Fsp3) is 0.500. The van der Waals surface area contributed by atoms with Crippen LogP contribution in [0, 0.1) is 0 Å². The van der Waals surface area contributed by atoms with Gasteiger partial charge in [0.2, 0.25) is 0 Å². The third-order valence-corrected chi connectivity index (χ3v) is 1.97. The maximum absolute atomic E-state index is 5.61. The Kier molecular flexibility index (Phi) is 4.35. The lowest BCUT2D eigenvalue weighted by atomic mass is 10.3. The molecule has 1 aromatic rings. The fourth-order valence-electron chi connectivity index (χ4n) is 1.05. The molecule has 14 heavy (non-hydrogen) atoms. The van der Waals surface area contributed by atoms with Crippen molar-refractivity contribution in [2.45, 2.75) is 26.6 Å². The second-order valence-corrected chi connectivity index (χ2v) is 4.11. The van der Waals surface area contributed by atoms with Crippen LogP contribution < -0.4 is 4.74 Å². The number of pyridine rings is 1. The zero-order valence-electron chi connectivity index (χ0n) is 8.58. The lowest BCUT2D eigenvalue weighted by molar-refractivity contribution is 0.170. The van der Waals surface area contributed by atoms with E-state index in [2.05, 4.69) is 20.9 Å². The summed E-state index contributed by atoms with van der Waals surface area (Å²) in [5.74, 6) is 0.774. The highest BCUT2D eigenvalue weighted by atomic mass is 79.9. The molecule has 0 radical (unpaired) electrons. The molecule has 4 heteroatoms. The number of nitrogens with zero attached hydrogens (tertiary/aromatic N) is 1. The van der Waals surface area contributed by atoms with Crippen molar-refractivity contribution in [1.82, 2.24) is 4.98 Å². The molecule has 0 aromatic carbocycles. The van der Waals surface area contributed by atoms with Gasteiger partial charge < -0.3 is 9.47 Å². The second-order valence-electron chi connectivity index (χ2n) is 3.20. The summed E-state index contributed by atoms with van der Waals surface area (Å²) < 4.78 is 11.5. The number of rotatable bonds is 4. The van der Waals surface area contributed by atoms with Crippen LogP contribution in [0.2, 0.25) is 0 Å². The topological polar surface area (TPSA) is 31.4 Å². The first kappa shape index (κ1) is 11.5. The Morgan fingerprint density at radius 1 is 1.50 bits per heavy atom. The molecule has 0 amide bonds. The Hall–Kier alpha value is -0.610. The van der Waals surface area contributed by atoms with Crippen LogP contribution >= 0.6 is 15.9 Å². The highest BCUT2D eigenvalue weighted by Crippen LogP contribution is 2.22. The van der Waals surface area contributed by atoms with Gasteiger partial charge >= 0.3 is 0 Å². The Bertz CT molecular complexity index is 302. The van der Waals surface area contributed by atoms with Crippen LogP contribution in [-0.2, 0) is 11.3 Å². The molecule has 3 nitrogen and oxygen atoms in total. The largest absolute Gasteiger partial charge is 0.489 e. The van der Waals surface area contributed by atoms with Gasteiger partial charge in [0.25, 0.3) is 0 Å². The molecule has 0 saturated heterocycles. The Labute approximate surface area is 92.6 Å². The van der Waals surface area contributed by atoms with Crippen LogP contribution in [0.25, 0.3) is 0 Å². The van der Waals surface area contributed by atoms with Gasteiger partial charge in [-0.05, 0) is 35.8 Å². The lowest BCUT2D eigenvalue weighted by Crippen LogP contribution is -2.08. The van der Waals surface area contributed by atoms with Gasteiger partial charge in [0.15, 0.2) is 0 Å². The minimum absolute atomic E-state index is 0.140. The van der Waals surface area contributed by atoms with E-state index >= 15 is 0 Å². The number of halogens is 1. The van der Waals surface area contributed by atoms with Crippen molar-refractivity contribution in [3.8, 4) is 5.75 Å². The minimum Gasteiger partial charge on any atom is -0.489 e. The summed E-state index contributed by atoms with van der Waals surface area (Å²) in [5.41, 5.74) is 0.824. The van der Waals surface area contributed by atoms with Gasteiger partial charge in [-0.15, -0.1) is 0 Å². The smallest absolute Gasteiger partial charge is 0.144 e. The highest BCUT2D eigenvalue weighted by molar-refractivity contribution is 9.10. The molecule has 0 atom stereocenters. The summed E-state index contributed by atoms with van der Waals surface area (Å²) >= 11 is 3.35. The molecular weight excluding hydrogens is 246 g/mol. The number of hydrogen-bond donors (Lipinski definition) is 0. The highest BCUT2D eigenvalue weighted by Gasteiger charge is 2.07. The van der Waals surface area contributed by atoms with Crippen LogP contribution in [0.3, 0.4) is 0 Å². The van der Waals surface area contributed by atoms with Gasteiger partial charge in [0.05, 0.1) is 12.7 Å². The molecular formula is C10H14BrNO2. The number of methoxy groups -OCH3 is 1. The summed E-state index contributed by atoms with van der Waals surface area (Å²) in [7, 11) is 1.64. The molecule has 0 saturated carbocycles. The van der Waals surface area contributed by atoms with Crippen molar-refractivity contribution < 1.29 is 9.47 Å². The summed E-state index contributed by atoms with van der Waals surface area (Å²) in [6, 6.07) is 1.90. The molecule has 0 fully saturated rings.